The van der Waals surface area contributed by atoms with Gasteiger partial charge in [0.25, 0.3) is 0 Å². The molecule has 0 radical (unpaired) electrons. The second-order valence-corrected chi connectivity index (χ2v) is 12.0. The molecule has 4 nitrogen and oxygen atoms in total. The smallest absolute Gasteiger partial charge is 0.432 e. The minimum atomic E-state index is -5.37. The molecular formula is C31H34F8O4. The van der Waals surface area contributed by atoms with Crippen LogP contribution in [0.5, 0.6) is 11.5 Å². The Morgan fingerprint density at radius 3 is 1.84 bits per heavy atom. The van der Waals surface area contributed by atoms with Gasteiger partial charge in [0.1, 0.15) is 11.6 Å². The van der Waals surface area contributed by atoms with Crippen LogP contribution >= 0.6 is 0 Å². The maximum Gasteiger partial charge on any atom is 0.573 e. The van der Waals surface area contributed by atoms with E-state index >= 15 is 4.39 Å². The van der Waals surface area contributed by atoms with Crippen LogP contribution in [0.2, 0.25) is 0 Å². The van der Waals surface area contributed by atoms with E-state index in [1.807, 2.05) is 6.07 Å². The predicted octanol–water partition coefficient (Wildman–Crippen LogP) is 9.23. The zero-order valence-electron chi connectivity index (χ0n) is 23.6. The van der Waals surface area contributed by atoms with E-state index in [-0.39, 0.29) is 61.8 Å². The monoisotopic (exact) mass is 622 g/mol. The summed E-state index contributed by atoms with van der Waals surface area (Å²) in [6, 6.07) is 5.63. The summed E-state index contributed by atoms with van der Waals surface area (Å²) in [5.74, 6) is -7.45. The molecule has 5 rings (SSSR count). The molecule has 0 atom stereocenters. The Morgan fingerprint density at radius 1 is 0.698 bits per heavy atom. The van der Waals surface area contributed by atoms with Crippen LogP contribution in [0.1, 0.15) is 81.3 Å². The van der Waals surface area contributed by atoms with E-state index in [2.05, 4.69) is 16.4 Å². The molecule has 0 aromatic heterocycles. The molecule has 1 saturated heterocycles. The van der Waals surface area contributed by atoms with Gasteiger partial charge in [0.2, 0.25) is 5.75 Å². The van der Waals surface area contributed by atoms with Crippen molar-refractivity contribution in [1.29, 1.82) is 0 Å². The van der Waals surface area contributed by atoms with Gasteiger partial charge in [-0.1, -0.05) is 19.1 Å². The Kier molecular flexibility index (Phi) is 9.46. The zero-order chi connectivity index (χ0) is 30.9. The van der Waals surface area contributed by atoms with Gasteiger partial charge in [0.15, 0.2) is 17.9 Å². The molecular weight excluding hydrogens is 588 g/mol. The van der Waals surface area contributed by atoms with E-state index < -0.39 is 41.5 Å². The van der Waals surface area contributed by atoms with Crippen LogP contribution in [0.4, 0.5) is 35.1 Å². The second-order valence-electron chi connectivity index (χ2n) is 12.0. The molecule has 2 aromatic carbocycles. The maximum absolute atomic E-state index is 15.3. The summed E-state index contributed by atoms with van der Waals surface area (Å²) in [6.45, 7) is 3.48. The fourth-order valence-electron chi connectivity index (χ4n) is 6.53. The van der Waals surface area contributed by atoms with E-state index in [4.69, 9.17) is 9.47 Å². The molecule has 2 aliphatic carbocycles. The minimum Gasteiger partial charge on any atom is -0.432 e. The molecule has 3 aliphatic rings. The highest BCUT2D eigenvalue weighted by atomic mass is 19.4. The van der Waals surface area contributed by atoms with Gasteiger partial charge in [0.05, 0.1) is 19.1 Å². The first-order valence-corrected chi connectivity index (χ1v) is 14.6. The van der Waals surface area contributed by atoms with E-state index in [9.17, 15) is 30.7 Å². The third kappa shape index (κ3) is 7.74. The molecule has 1 aliphatic heterocycles. The molecule has 12 heteroatoms. The lowest BCUT2D eigenvalue weighted by Gasteiger charge is -2.37. The molecule has 0 amide bonds. The quantitative estimate of drug-likeness (QED) is 0.289. The SMILES string of the molecule is CC1COC(C2CCC(c3ccc(C4CCC(C(F)(F)Oc5cc(F)c(OC(F)(F)F)c(F)c5)CC4)c(F)c3)CC2)OC1. The number of alkyl halides is 5. The van der Waals surface area contributed by atoms with Crippen LogP contribution in [0, 0.1) is 35.2 Å². The first-order chi connectivity index (χ1) is 20.3. The van der Waals surface area contributed by atoms with E-state index in [0.29, 0.717) is 30.6 Å². The van der Waals surface area contributed by atoms with Crippen LogP contribution in [-0.2, 0) is 9.47 Å². The highest BCUT2D eigenvalue weighted by Gasteiger charge is 2.45. The van der Waals surface area contributed by atoms with Crippen molar-refractivity contribution in [2.24, 2.45) is 17.8 Å². The molecule has 0 N–H and O–H groups in total. The van der Waals surface area contributed by atoms with Gasteiger partial charge in [0, 0.05) is 24.0 Å². The van der Waals surface area contributed by atoms with Crippen molar-refractivity contribution >= 4 is 0 Å². The molecule has 43 heavy (non-hydrogen) atoms. The molecule has 1 heterocycles. The lowest BCUT2D eigenvalue weighted by molar-refractivity contribution is -0.276. The van der Waals surface area contributed by atoms with Gasteiger partial charge < -0.3 is 18.9 Å². The van der Waals surface area contributed by atoms with Crippen molar-refractivity contribution in [3.05, 3.63) is 58.9 Å². The van der Waals surface area contributed by atoms with E-state index in [1.54, 1.807) is 12.1 Å². The first-order valence-electron chi connectivity index (χ1n) is 14.6. The summed E-state index contributed by atoms with van der Waals surface area (Å²) < 4.78 is 130. The average Bonchev–Trinajstić information content (AvgIpc) is 2.95. The molecule has 0 spiro atoms. The van der Waals surface area contributed by atoms with Crippen molar-refractivity contribution in [2.75, 3.05) is 13.2 Å². The number of hydrogen-bond acceptors (Lipinski definition) is 4. The lowest BCUT2D eigenvalue weighted by Crippen LogP contribution is -2.37. The summed E-state index contributed by atoms with van der Waals surface area (Å²) >= 11 is 0. The van der Waals surface area contributed by atoms with Gasteiger partial charge in [-0.05, 0) is 80.4 Å². The fourth-order valence-corrected chi connectivity index (χ4v) is 6.53. The Balaban J connectivity index is 1.14. The van der Waals surface area contributed by atoms with Crippen LogP contribution in [0.3, 0.4) is 0 Å². The summed E-state index contributed by atoms with van der Waals surface area (Å²) in [4.78, 5) is 0. The van der Waals surface area contributed by atoms with Gasteiger partial charge in [-0.15, -0.1) is 13.2 Å². The zero-order valence-corrected chi connectivity index (χ0v) is 23.6. The molecule has 238 valence electrons. The minimum absolute atomic E-state index is 0.0484. The van der Waals surface area contributed by atoms with Gasteiger partial charge in [-0.3, -0.25) is 0 Å². The fraction of sp³-hybridized carbons (Fsp3) is 0.613. The highest BCUT2D eigenvalue weighted by Crippen LogP contribution is 2.45. The van der Waals surface area contributed by atoms with Crippen LogP contribution in [0.25, 0.3) is 0 Å². The number of hydrogen-bond donors (Lipinski definition) is 0. The summed E-state index contributed by atoms with van der Waals surface area (Å²) in [5.41, 5.74) is 1.38. The summed E-state index contributed by atoms with van der Waals surface area (Å²) in [6.07, 6.45) is -5.36. The average molecular weight is 623 g/mol. The molecule has 0 unspecified atom stereocenters. The standard InChI is InChI=1S/C31H34F8O4/c1-17-15-40-29(41-16-17)20-4-2-18(3-5-20)21-8-11-24(25(32)12-21)19-6-9-22(10-7-19)30(35,36)42-23-13-26(33)28(27(34)14-23)43-31(37,38)39/h8,11-14,17-20,22,29H,2-7,9-10,15-16H2,1H3. The van der Waals surface area contributed by atoms with Crippen LogP contribution in [-0.4, -0.2) is 32.0 Å². The molecule has 2 aromatic rings. The topological polar surface area (TPSA) is 36.9 Å². The second kappa shape index (κ2) is 12.8. The largest absolute Gasteiger partial charge is 0.573 e. The summed E-state index contributed by atoms with van der Waals surface area (Å²) in [7, 11) is 0. The van der Waals surface area contributed by atoms with Crippen LogP contribution in [0.15, 0.2) is 30.3 Å². The normalized spacial score (nSPS) is 28.9. The Labute approximate surface area is 244 Å². The van der Waals surface area contributed by atoms with Crippen molar-refractivity contribution in [1.82, 2.24) is 0 Å². The first kappa shape index (κ1) is 31.8. The van der Waals surface area contributed by atoms with Gasteiger partial charge in [-0.2, -0.15) is 8.78 Å². The number of benzene rings is 2. The van der Waals surface area contributed by atoms with Gasteiger partial charge in [-0.25, -0.2) is 13.2 Å². The van der Waals surface area contributed by atoms with Crippen molar-refractivity contribution in [2.45, 2.75) is 88.9 Å². The Bertz CT molecular complexity index is 1220. The Morgan fingerprint density at radius 2 is 1.28 bits per heavy atom. The van der Waals surface area contributed by atoms with E-state index in [0.717, 1.165) is 31.2 Å². The molecule has 3 fully saturated rings. The molecule has 0 bridgehead atoms. The lowest BCUT2D eigenvalue weighted by atomic mass is 9.76. The van der Waals surface area contributed by atoms with Gasteiger partial charge >= 0.3 is 12.5 Å². The number of rotatable bonds is 7. The third-order valence-electron chi connectivity index (χ3n) is 8.83. The van der Waals surface area contributed by atoms with Crippen molar-refractivity contribution in [3.63, 3.8) is 0 Å². The number of ether oxygens (including phenoxy) is 4. The van der Waals surface area contributed by atoms with E-state index in [1.165, 1.54) is 0 Å². The summed E-state index contributed by atoms with van der Waals surface area (Å²) in [5, 5.41) is 0. The Hall–Kier alpha value is -2.60. The predicted molar refractivity (Wildman–Crippen MR) is 139 cm³/mol. The maximum atomic E-state index is 15.3. The highest BCUT2D eigenvalue weighted by molar-refractivity contribution is 5.35. The number of halogens is 8. The van der Waals surface area contributed by atoms with Crippen molar-refractivity contribution in [3.8, 4) is 11.5 Å². The van der Waals surface area contributed by atoms with Crippen LogP contribution < -0.4 is 9.47 Å². The van der Waals surface area contributed by atoms with Crippen molar-refractivity contribution < 1.29 is 54.1 Å². The third-order valence-corrected chi connectivity index (χ3v) is 8.83. The molecule has 2 saturated carbocycles.